The summed E-state index contributed by atoms with van der Waals surface area (Å²) >= 11 is 5.07. The van der Waals surface area contributed by atoms with Crippen LogP contribution in [0.2, 0.25) is 0 Å². The third-order valence-corrected chi connectivity index (χ3v) is 4.33. The van der Waals surface area contributed by atoms with Crippen molar-refractivity contribution in [2.75, 3.05) is 13.7 Å². The van der Waals surface area contributed by atoms with E-state index in [4.69, 9.17) is 21.7 Å². The minimum absolute atomic E-state index is 0.00536. The fraction of sp³-hybridized carbons (Fsp3) is 0.318. The van der Waals surface area contributed by atoms with Gasteiger partial charge >= 0.3 is 0 Å². The molecule has 0 unspecified atom stereocenters. The Hall–Kier alpha value is -3.13. The summed E-state index contributed by atoms with van der Waals surface area (Å²) in [4.78, 5) is 24.4. The zero-order valence-electron chi connectivity index (χ0n) is 17.4. The minimum Gasteiger partial charge on any atom is -0.497 e. The molecule has 0 heterocycles. The number of thiocarbonyl (C=S) groups is 1. The first-order chi connectivity index (χ1) is 14.4. The molecule has 0 spiro atoms. The van der Waals surface area contributed by atoms with Crippen LogP contribution in [0.25, 0.3) is 0 Å². The van der Waals surface area contributed by atoms with Crippen molar-refractivity contribution in [2.45, 2.75) is 26.7 Å². The zero-order valence-corrected chi connectivity index (χ0v) is 18.2. The van der Waals surface area contributed by atoms with Gasteiger partial charge in [-0.25, -0.2) is 0 Å². The Labute approximate surface area is 182 Å². The van der Waals surface area contributed by atoms with Crippen LogP contribution in [0.4, 0.5) is 0 Å². The maximum absolute atomic E-state index is 12.4. The van der Waals surface area contributed by atoms with Gasteiger partial charge in [-0.1, -0.05) is 32.0 Å². The van der Waals surface area contributed by atoms with Crippen LogP contribution >= 0.6 is 12.2 Å². The van der Waals surface area contributed by atoms with Crippen molar-refractivity contribution in [2.24, 2.45) is 5.92 Å². The molecule has 0 saturated heterocycles. The van der Waals surface area contributed by atoms with E-state index in [0.717, 1.165) is 17.7 Å². The quantitative estimate of drug-likeness (QED) is 0.442. The van der Waals surface area contributed by atoms with Gasteiger partial charge < -0.3 is 9.47 Å². The summed E-state index contributed by atoms with van der Waals surface area (Å²) in [5, 5.41) is 2.52. The van der Waals surface area contributed by atoms with Crippen LogP contribution in [0.15, 0.2) is 48.5 Å². The highest BCUT2D eigenvalue weighted by atomic mass is 32.1. The number of rotatable bonds is 8. The zero-order chi connectivity index (χ0) is 21.9. The predicted molar refractivity (Wildman–Crippen MR) is 119 cm³/mol. The number of nitrogens with one attached hydrogen (secondary N) is 3. The third-order valence-electron chi connectivity index (χ3n) is 4.13. The fourth-order valence-electron chi connectivity index (χ4n) is 2.45. The van der Waals surface area contributed by atoms with Gasteiger partial charge in [-0.15, -0.1) is 0 Å². The van der Waals surface area contributed by atoms with E-state index in [2.05, 4.69) is 30.0 Å². The first-order valence-electron chi connectivity index (χ1n) is 9.63. The van der Waals surface area contributed by atoms with E-state index in [1.165, 1.54) is 0 Å². The highest BCUT2D eigenvalue weighted by Gasteiger charge is 2.10. The first kappa shape index (κ1) is 23.2. The van der Waals surface area contributed by atoms with Gasteiger partial charge in [0, 0.05) is 5.56 Å². The molecule has 0 fully saturated rings. The highest BCUT2D eigenvalue weighted by Crippen LogP contribution is 2.14. The summed E-state index contributed by atoms with van der Waals surface area (Å²) in [5.41, 5.74) is 6.22. The number of hydrogen-bond donors (Lipinski definition) is 3. The van der Waals surface area contributed by atoms with Crippen LogP contribution in [-0.4, -0.2) is 30.6 Å². The van der Waals surface area contributed by atoms with Crippen LogP contribution in [0.5, 0.6) is 11.5 Å². The Kier molecular flexibility index (Phi) is 9.08. The van der Waals surface area contributed by atoms with Gasteiger partial charge in [0.15, 0.2) is 5.11 Å². The first-order valence-corrected chi connectivity index (χ1v) is 10.0. The number of carbonyl (C=O) groups excluding carboxylic acids is 2. The van der Waals surface area contributed by atoms with Crippen LogP contribution in [0.3, 0.4) is 0 Å². The maximum atomic E-state index is 12.4. The number of carbonyl (C=O) groups is 2. The molecule has 3 N–H and O–H groups in total. The highest BCUT2D eigenvalue weighted by molar-refractivity contribution is 7.80. The van der Waals surface area contributed by atoms with E-state index in [1.54, 1.807) is 55.6 Å². The van der Waals surface area contributed by atoms with E-state index in [9.17, 15) is 9.59 Å². The molecule has 8 heteroatoms. The summed E-state index contributed by atoms with van der Waals surface area (Å²) in [6.45, 7) is 4.83. The minimum atomic E-state index is -0.397. The molecule has 2 rings (SSSR count). The summed E-state index contributed by atoms with van der Waals surface area (Å²) in [5.74, 6) is 1.19. The fourth-order valence-corrected chi connectivity index (χ4v) is 2.59. The van der Waals surface area contributed by atoms with Crippen molar-refractivity contribution in [3.05, 3.63) is 59.7 Å². The molecule has 160 valence electrons. The van der Waals surface area contributed by atoms with Gasteiger partial charge in [-0.3, -0.25) is 25.8 Å². The molecule has 30 heavy (non-hydrogen) atoms. The third kappa shape index (κ3) is 8.08. The lowest BCUT2D eigenvalue weighted by Gasteiger charge is -2.12. The van der Waals surface area contributed by atoms with Crippen molar-refractivity contribution in [3.63, 3.8) is 0 Å². The molecule has 0 atom stereocenters. The van der Waals surface area contributed by atoms with Crippen LogP contribution in [0.1, 0.15) is 36.2 Å². The molecule has 0 aromatic heterocycles. The topological polar surface area (TPSA) is 88.7 Å². The van der Waals surface area contributed by atoms with E-state index >= 15 is 0 Å². The van der Waals surface area contributed by atoms with Crippen molar-refractivity contribution in [1.82, 2.24) is 16.2 Å². The molecule has 0 radical (unpaired) electrons. The van der Waals surface area contributed by atoms with E-state index < -0.39 is 5.91 Å². The Balaban J connectivity index is 1.78. The largest absolute Gasteiger partial charge is 0.497 e. The van der Waals surface area contributed by atoms with Crippen LogP contribution in [-0.2, 0) is 11.2 Å². The lowest BCUT2D eigenvalue weighted by Crippen LogP contribution is -2.48. The monoisotopic (exact) mass is 429 g/mol. The van der Waals surface area contributed by atoms with Crippen molar-refractivity contribution >= 4 is 29.1 Å². The lowest BCUT2D eigenvalue weighted by molar-refractivity contribution is -0.121. The normalized spacial score (nSPS) is 10.3. The summed E-state index contributed by atoms with van der Waals surface area (Å²) in [6, 6.07) is 14.0. The SMILES string of the molecule is COc1ccc(CC(=O)NNC(=S)NC(=O)c2cccc(OCCC(C)C)c2)cc1. The second-order valence-corrected chi connectivity index (χ2v) is 7.45. The van der Waals surface area contributed by atoms with Gasteiger partial charge in [-0.05, 0) is 60.5 Å². The Morgan fingerprint density at radius 2 is 1.77 bits per heavy atom. The average Bonchev–Trinajstić information content (AvgIpc) is 2.73. The van der Waals surface area contributed by atoms with Gasteiger partial charge in [0.25, 0.3) is 5.91 Å². The molecule has 0 aliphatic carbocycles. The number of ether oxygens (including phenoxy) is 2. The molecule has 0 bridgehead atoms. The maximum Gasteiger partial charge on any atom is 0.257 e. The van der Waals surface area contributed by atoms with Gasteiger partial charge in [0.2, 0.25) is 5.91 Å². The second kappa shape index (κ2) is 11.8. The van der Waals surface area contributed by atoms with Gasteiger partial charge in [-0.2, -0.15) is 0 Å². The average molecular weight is 430 g/mol. The lowest BCUT2D eigenvalue weighted by atomic mass is 10.1. The Bertz CT molecular complexity index is 869. The second-order valence-electron chi connectivity index (χ2n) is 7.04. The number of methoxy groups -OCH3 is 1. The number of benzene rings is 2. The van der Waals surface area contributed by atoms with Crippen LogP contribution in [0, 0.1) is 5.92 Å². The molecule has 2 aromatic carbocycles. The van der Waals surface area contributed by atoms with Crippen molar-refractivity contribution in [1.29, 1.82) is 0 Å². The molecule has 0 aliphatic heterocycles. The number of hydrazine groups is 1. The molecular weight excluding hydrogens is 402 g/mol. The predicted octanol–water partition coefficient (Wildman–Crippen LogP) is 3.00. The van der Waals surface area contributed by atoms with E-state index in [1.807, 2.05) is 0 Å². The summed E-state index contributed by atoms with van der Waals surface area (Å²) < 4.78 is 10.8. The van der Waals surface area contributed by atoms with Crippen molar-refractivity contribution < 1.29 is 19.1 Å². The summed E-state index contributed by atoms with van der Waals surface area (Å²) in [7, 11) is 1.58. The van der Waals surface area contributed by atoms with Crippen molar-refractivity contribution in [3.8, 4) is 11.5 Å². The molecule has 2 aromatic rings. The molecule has 0 saturated carbocycles. The van der Waals surface area contributed by atoms with Gasteiger partial charge in [0.05, 0.1) is 20.1 Å². The van der Waals surface area contributed by atoms with E-state index in [-0.39, 0.29) is 17.4 Å². The number of hydrogen-bond acceptors (Lipinski definition) is 5. The molecular formula is C22H27N3O4S. The molecule has 7 nitrogen and oxygen atoms in total. The van der Waals surface area contributed by atoms with E-state index in [0.29, 0.717) is 23.8 Å². The Morgan fingerprint density at radius 3 is 2.43 bits per heavy atom. The Morgan fingerprint density at radius 1 is 1.03 bits per heavy atom. The smallest absolute Gasteiger partial charge is 0.257 e. The number of amides is 2. The standard InChI is InChI=1S/C22H27N3O4S/c1-15(2)11-12-29-19-6-4-5-17(14-19)21(27)23-22(30)25-24-20(26)13-16-7-9-18(28-3)10-8-16/h4-10,14-15H,11-13H2,1-3H3,(H,24,26)(H2,23,25,27,30). The molecule has 2 amide bonds. The summed E-state index contributed by atoms with van der Waals surface area (Å²) in [6.07, 6.45) is 1.09. The van der Waals surface area contributed by atoms with Crippen LogP contribution < -0.4 is 25.6 Å². The van der Waals surface area contributed by atoms with Gasteiger partial charge in [0.1, 0.15) is 11.5 Å². The molecule has 0 aliphatic rings.